The second kappa shape index (κ2) is 8.88. The standard InChI is InChI=1S/C22H32O4/c1-3-20(23)25-11-5-7-15-9-10-18-17-13-16(19(14-17)22(15)18)8-6-12-26-21(24)4-2/h3-4,15-19,22H,1-2,5-14H2. The number of ether oxygens (including phenoxy) is 2. The van der Waals surface area contributed by atoms with Gasteiger partial charge in [-0.3, -0.25) is 0 Å². The summed E-state index contributed by atoms with van der Waals surface area (Å²) in [6.45, 7) is 7.90. The monoisotopic (exact) mass is 360 g/mol. The van der Waals surface area contributed by atoms with Crippen molar-refractivity contribution >= 4 is 11.9 Å². The Morgan fingerprint density at radius 2 is 1.46 bits per heavy atom. The summed E-state index contributed by atoms with van der Waals surface area (Å²) in [5, 5.41) is 0. The van der Waals surface area contributed by atoms with Crippen LogP contribution in [0, 0.1) is 35.5 Å². The van der Waals surface area contributed by atoms with Gasteiger partial charge in [-0.25, -0.2) is 9.59 Å². The molecule has 4 heteroatoms. The van der Waals surface area contributed by atoms with Gasteiger partial charge in [0.15, 0.2) is 0 Å². The van der Waals surface area contributed by atoms with E-state index in [1.54, 1.807) is 0 Å². The molecular weight excluding hydrogens is 328 g/mol. The summed E-state index contributed by atoms with van der Waals surface area (Å²) in [6, 6.07) is 0. The van der Waals surface area contributed by atoms with E-state index >= 15 is 0 Å². The molecule has 0 aliphatic heterocycles. The van der Waals surface area contributed by atoms with Crippen LogP contribution in [0.3, 0.4) is 0 Å². The van der Waals surface area contributed by atoms with Crippen LogP contribution < -0.4 is 0 Å². The molecule has 4 nitrogen and oxygen atoms in total. The Morgan fingerprint density at radius 1 is 0.846 bits per heavy atom. The Hall–Kier alpha value is -1.58. The number of hydrogen-bond acceptors (Lipinski definition) is 4. The van der Waals surface area contributed by atoms with Gasteiger partial charge < -0.3 is 9.47 Å². The van der Waals surface area contributed by atoms with Gasteiger partial charge in [0.1, 0.15) is 0 Å². The van der Waals surface area contributed by atoms with Crippen molar-refractivity contribution in [2.45, 2.75) is 51.4 Å². The Kier molecular flexibility index (Phi) is 6.55. The lowest BCUT2D eigenvalue weighted by molar-refractivity contribution is -0.138. The van der Waals surface area contributed by atoms with Gasteiger partial charge in [-0.1, -0.05) is 13.2 Å². The van der Waals surface area contributed by atoms with Crippen molar-refractivity contribution < 1.29 is 19.1 Å². The summed E-state index contributed by atoms with van der Waals surface area (Å²) in [5.74, 6) is 4.59. The van der Waals surface area contributed by atoms with Crippen molar-refractivity contribution in [2.24, 2.45) is 35.5 Å². The van der Waals surface area contributed by atoms with Crippen LogP contribution >= 0.6 is 0 Å². The largest absolute Gasteiger partial charge is 0.463 e. The predicted octanol–water partition coefficient (Wildman–Crippen LogP) is 4.30. The molecule has 3 fully saturated rings. The van der Waals surface area contributed by atoms with Crippen LogP contribution in [-0.2, 0) is 19.1 Å². The Balaban J connectivity index is 1.43. The minimum absolute atomic E-state index is 0.313. The Morgan fingerprint density at radius 3 is 2.08 bits per heavy atom. The van der Waals surface area contributed by atoms with Crippen LogP contribution in [0.25, 0.3) is 0 Å². The van der Waals surface area contributed by atoms with Crippen molar-refractivity contribution in [1.29, 1.82) is 0 Å². The minimum atomic E-state index is -0.314. The van der Waals surface area contributed by atoms with Crippen molar-refractivity contribution in [2.75, 3.05) is 13.2 Å². The third kappa shape index (κ3) is 4.21. The highest BCUT2D eigenvalue weighted by atomic mass is 16.5. The van der Waals surface area contributed by atoms with E-state index in [0.717, 1.165) is 48.3 Å². The first-order valence-electron chi connectivity index (χ1n) is 10.2. The van der Waals surface area contributed by atoms with Crippen LogP contribution in [0.2, 0.25) is 0 Å². The molecule has 0 radical (unpaired) electrons. The fraction of sp³-hybridized carbons (Fsp3) is 0.727. The SMILES string of the molecule is C=CC(=O)OCCCC1CC2CC1C1C(CCCOC(=O)C=C)CCC21. The normalized spacial score (nSPS) is 34.3. The number of rotatable bonds is 10. The smallest absolute Gasteiger partial charge is 0.330 e. The summed E-state index contributed by atoms with van der Waals surface area (Å²) in [4.78, 5) is 22.3. The van der Waals surface area contributed by atoms with Crippen LogP contribution in [0.1, 0.15) is 51.4 Å². The fourth-order valence-corrected chi connectivity index (χ4v) is 6.20. The molecule has 0 aromatic rings. The first kappa shape index (κ1) is 19.2. The highest BCUT2D eigenvalue weighted by Gasteiger charge is 2.56. The molecule has 0 aromatic heterocycles. The van der Waals surface area contributed by atoms with E-state index in [9.17, 15) is 9.59 Å². The average molecular weight is 360 g/mol. The lowest BCUT2D eigenvalue weighted by Gasteiger charge is -2.35. The van der Waals surface area contributed by atoms with E-state index in [4.69, 9.17) is 9.47 Å². The molecule has 0 aromatic carbocycles. The quantitative estimate of drug-likeness (QED) is 0.331. The molecule has 2 bridgehead atoms. The summed E-state index contributed by atoms with van der Waals surface area (Å²) in [5.41, 5.74) is 0. The third-order valence-corrected chi connectivity index (χ3v) is 7.06. The molecule has 6 unspecified atom stereocenters. The number of hydrogen-bond donors (Lipinski definition) is 0. The molecule has 6 atom stereocenters. The molecule has 0 heterocycles. The maximum absolute atomic E-state index is 11.1. The Labute approximate surface area is 157 Å². The maximum Gasteiger partial charge on any atom is 0.330 e. The van der Waals surface area contributed by atoms with E-state index in [2.05, 4.69) is 13.2 Å². The maximum atomic E-state index is 11.1. The van der Waals surface area contributed by atoms with Crippen molar-refractivity contribution in [1.82, 2.24) is 0 Å². The van der Waals surface area contributed by atoms with Gasteiger partial charge in [0.05, 0.1) is 13.2 Å². The van der Waals surface area contributed by atoms with Gasteiger partial charge in [-0.15, -0.1) is 0 Å². The van der Waals surface area contributed by atoms with E-state index < -0.39 is 0 Å². The molecule has 3 aliphatic rings. The van der Waals surface area contributed by atoms with E-state index in [1.807, 2.05) is 0 Å². The van der Waals surface area contributed by atoms with Crippen LogP contribution in [0.4, 0.5) is 0 Å². The molecule has 0 spiro atoms. The molecule has 3 rings (SSSR count). The Bertz CT molecular complexity index is 540. The third-order valence-electron chi connectivity index (χ3n) is 7.06. The summed E-state index contributed by atoms with van der Waals surface area (Å²) < 4.78 is 10.3. The lowest BCUT2D eigenvalue weighted by Crippen LogP contribution is -2.28. The zero-order chi connectivity index (χ0) is 18.5. The fourth-order valence-electron chi connectivity index (χ4n) is 6.20. The molecular formula is C22H32O4. The van der Waals surface area contributed by atoms with Crippen LogP contribution in [0.15, 0.2) is 25.3 Å². The number of esters is 2. The first-order chi connectivity index (χ1) is 12.6. The summed E-state index contributed by atoms with van der Waals surface area (Å²) >= 11 is 0. The molecule has 0 saturated heterocycles. The van der Waals surface area contributed by atoms with Gasteiger partial charge in [0.25, 0.3) is 0 Å². The number of carbonyl (C=O) groups excluding carboxylic acids is 2. The summed E-state index contributed by atoms with van der Waals surface area (Å²) in [7, 11) is 0. The van der Waals surface area contributed by atoms with Crippen LogP contribution in [-0.4, -0.2) is 25.2 Å². The molecule has 0 N–H and O–H groups in total. The number of fused-ring (bicyclic) bond motifs is 5. The van der Waals surface area contributed by atoms with Gasteiger partial charge in [0.2, 0.25) is 0 Å². The van der Waals surface area contributed by atoms with Crippen molar-refractivity contribution in [3.8, 4) is 0 Å². The van der Waals surface area contributed by atoms with Crippen molar-refractivity contribution in [3.63, 3.8) is 0 Å². The van der Waals surface area contributed by atoms with Gasteiger partial charge in [-0.05, 0) is 86.9 Å². The van der Waals surface area contributed by atoms with Gasteiger partial charge >= 0.3 is 11.9 Å². The van der Waals surface area contributed by atoms with E-state index in [-0.39, 0.29) is 11.9 Å². The van der Waals surface area contributed by atoms with E-state index in [1.165, 1.54) is 50.7 Å². The second-order valence-electron chi connectivity index (χ2n) is 8.26. The van der Waals surface area contributed by atoms with Crippen molar-refractivity contribution in [3.05, 3.63) is 25.3 Å². The molecule has 0 amide bonds. The highest BCUT2D eigenvalue weighted by molar-refractivity contribution is 5.81. The molecule has 3 saturated carbocycles. The highest BCUT2D eigenvalue weighted by Crippen LogP contribution is 2.64. The molecule has 3 aliphatic carbocycles. The minimum Gasteiger partial charge on any atom is -0.463 e. The predicted molar refractivity (Wildman–Crippen MR) is 100 cm³/mol. The van der Waals surface area contributed by atoms with Gasteiger partial charge in [-0.2, -0.15) is 0 Å². The number of carbonyl (C=O) groups is 2. The zero-order valence-corrected chi connectivity index (χ0v) is 15.7. The van der Waals surface area contributed by atoms with Crippen LogP contribution in [0.5, 0.6) is 0 Å². The first-order valence-corrected chi connectivity index (χ1v) is 10.2. The summed E-state index contributed by atoms with van der Waals surface area (Å²) in [6.07, 6.45) is 12.3. The lowest BCUT2D eigenvalue weighted by atomic mass is 9.70. The molecule has 144 valence electrons. The van der Waals surface area contributed by atoms with E-state index in [0.29, 0.717) is 13.2 Å². The second-order valence-corrected chi connectivity index (χ2v) is 8.26. The zero-order valence-electron chi connectivity index (χ0n) is 15.7. The van der Waals surface area contributed by atoms with Gasteiger partial charge in [0, 0.05) is 12.2 Å². The average Bonchev–Trinajstić information content (AvgIpc) is 3.34. The molecule has 26 heavy (non-hydrogen) atoms. The topological polar surface area (TPSA) is 52.6 Å².